The lowest BCUT2D eigenvalue weighted by atomic mass is 9.92. The van der Waals surface area contributed by atoms with Gasteiger partial charge in [0.15, 0.2) is 5.82 Å². The van der Waals surface area contributed by atoms with E-state index in [2.05, 4.69) is 4.98 Å². The molecule has 2 N–H and O–H groups in total. The van der Waals surface area contributed by atoms with Crippen LogP contribution in [0.15, 0.2) is 85.1 Å². The van der Waals surface area contributed by atoms with Crippen molar-refractivity contribution in [2.75, 3.05) is 10.7 Å². The number of hydrogen-bond acceptors (Lipinski definition) is 5. The van der Waals surface area contributed by atoms with E-state index in [0.717, 1.165) is 17.8 Å². The molecule has 5 rings (SSSR count). The molecular weight excluding hydrogens is 501 g/mol. The normalized spacial score (nSPS) is 17.9. The summed E-state index contributed by atoms with van der Waals surface area (Å²) in [4.78, 5) is 18.7. The third-order valence-corrected chi connectivity index (χ3v) is 7.52. The second-order valence-corrected chi connectivity index (χ2v) is 9.77. The highest BCUT2D eigenvalue weighted by Crippen LogP contribution is 2.46. The number of anilines is 1. The quantitative estimate of drug-likeness (QED) is 0.301. The summed E-state index contributed by atoms with van der Waals surface area (Å²) < 4.78 is 40.6. The first-order valence-electron chi connectivity index (χ1n) is 11.4. The van der Waals surface area contributed by atoms with Crippen molar-refractivity contribution in [3.8, 4) is 17.0 Å². The van der Waals surface area contributed by atoms with Crippen LogP contribution in [0.3, 0.4) is 0 Å². The summed E-state index contributed by atoms with van der Waals surface area (Å²) in [7, 11) is 0. The molecule has 4 aromatic rings. The molecule has 1 aliphatic rings. The maximum atomic E-state index is 14.2. The molecule has 0 aliphatic carbocycles. The Morgan fingerprint density at radius 2 is 1.59 bits per heavy atom. The summed E-state index contributed by atoms with van der Waals surface area (Å²) in [5.74, 6) is -1.81. The molecule has 3 atom stereocenters. The predicted molar refractivity (Wildman–Crippen MR) is 136 cm³/mol. The number of β-lactam (4-membered cyclic amide) rings is 1. The van der Waals surface area contributed by atoms with Gasteiger partial charge in [0.05, 0.1) is 18.3 Å². The van der Waals surface area contributed by atoms with Gasteiger partial charge in [-0.15, -0.1) is 11.8 Å². The van der Waals surface area contributed by atoms with Gasteiger partial charge in [-0.25, -0.2) is 13.2 Å². The number of thioether (sulfide) groups is 1. The maximum absolute atomic E-state index is 14.2. The largest absolute Gasteiger partial charge is 0.508 e. The van der Waals surface area contributed by atoms with Crippen LogP contribution in [0.5, 0.6) is 5.75 Å². The molecule has 5 nitrogen and oxygen atoms in total. The van der Waals surface area contributed by atoms with E-state index < -0.39 is 28.8 Å². The number of phenolic OH excluding ortho intramolecular Hbond substituents is 1. The van der Waals surface area contributed by atoms with Crippen LogP contribution >= 0.6 is 11.8 Å². The van der Waals surface area contributed by atoms with Gasteiger partial charge in [-0.1, -0.05) is 36.4 Å². The van der Waals surface area contributed by atoms with Gasteiger partial charge in [-0.05, 0) is 47.5 Å². The number of nitrogens with zero attached hydrogens (tertiary/aromatic N) is 2. The Morgan fingerprint density at radius 1 is 0.919 bits per heavy atom. The topological polar surface area (TPSA) is 73.7 Å². The summed E-state index contributed by atoms with van der Waals surface area (Å²) in [6.07, 6.45) is 0.0548. The van der Waals surface area contributed by atoms with Crippen LogP contribution in [-0.2, 0) is 4.79 Å². The van der Waals surface area contributed by atoms with E-state index in [-0.39, 0.29) is 29.1 Å². The standard InChI is InChI=1S/C28H21F3N2O3S/c29-19-7-1-16(2-8-19)24(35)15-37-27-26(18-5-11-22(34)12-6-18)33(28(27)36)21-9-3-17(4-10-21)25-23(31)13-20(30)14-32-25/h1-14,24,26-27,34-35H,15H2/t24-,26-,27-/m1/s1. The Hall–Kier alpha value is -3.82. The molecule has 188 valence electrons. The molecule has 1 saturated heterocycles. The van der Waals surface area contributed by atoms with Gasteiger partial charge >= 0.3 is 0 Å². The lowest BCUT2D eigenvalue weighted by Gasteiger charge is -2.47. The average molecular weight is 523 g/mol. The summed E-state index contributed by atoms with van der Waals surface area (Å²) in [5, 5.41) is 19.8. The van der Waals surface area contributed by atoms with E-state index in [0.29, 0.717) is 16.8 Å². The number of aromatic nitrogens is 1. The number of halogens is 3. The number of rotatable bonds is 7. The molecule has 1 amide bonds. The molecule has 3 aromatic carbocycles. The number of hydrogen-bond donors (Lipinski definition) is 2. The van der Waals surface area contributed by atoms with Crippen molar-refractivity contribution in [2.24, 2.45) is 0 Å². The minimum atomic E-state index is -0.884. The number of amides is 1. The van der Waals surface area contributed by atoms with Crippen LogP contribution in [0.25, 0.3) is 11.3 Å². The van der Waals surface area contributed by atoms with Crippen LogP contribution in [0.2, 0.25) is 0 Å². The van der Waals surface area contributed by atoms with E-state index in [4.69, 9.17) is 0 Å². The van der Waals surface area contributed by atoms with Gasteiger partial charge < -0.3 is 15.1 Å². The Bertz CT molecular complexity index is 1420. The predicted octanol–water partition coefficient (Wildman–Crippen LogP) is 5.79. The second-order valence-electron chi connectivity index (χ2n) is 8.60. The number of carbonyl (C=O) groups excluding carboxylic acids is 1. The highest BCUT2D eigenvalue weighted by molar-refractivity contribution is 8.00. The zero-order valence-corrected chi connectivity index (χ0v) is 20.1. The third kappa shape index (κ3) is 5.05. The lowest BCUT2D eigenvalue weighted by Crippen LogP contribution is -2.57. The Balaban J connectivity index is 1.38. The van der Waals surface area contributed by atoms with Gasteiger partial charge in [0.25, 0.3) is 0 Å². The van der Waals surface area contributed by atoms with Crippen molar-refractivity contribution >= 4 is 23.4 Å². The van der Waals surface area contributed by atoms with Crippen LogP contribution in [0.4, 0.5) is 18.9 Å². The van der Waals surface area contributed by atoms with Gasteiger partial charge in [0, 0.05) is 23.1 Å². The monoisotopic (exact) mass is 522 g/mol. The zero-order chi connectivity index (χ0) is 26.1. The molecule has 37 heavy (non-hydrogen) atoms. The fourth-order valence-corrected chi connectivity index (χ4v) is 5.59. The first-order chi connectivity index (χ1) is 17.8. The number of aromatic hydroxyl groups is 1. The van der Waals surface area contributed by atoms with E-state index in [9.17, 15) is 28.2 Å². The Morgan fingerprint density at radius 3 is 2.24 bits per heavy atom. The molecule has 0 saturated carbocycles. The molecular formula is C28H21F3N2O3S. The highest BCUT2D eigenvalue weighted by Gasteiger charge is 2.49. The number of aliphatic hydroxyl groups is 1. The Labute approximate surface area is 215 Å². The SMILES string of the molecule is O=C1[C@H](SC[C@@H](O)c2ccc(F)cc2)[C@@H](c2ccc(O)cc2)N1c1ccc(-c2ncc(F)cc2F)cc1. The first kappa shape index (κ1) is 24.9. The maximum Gasteiger partial charge on any atom is 0.243 e. The number of aliphatic hydroxyl groups excluding tert-OH is 1. The number of benzene rings is 3. The van der Waals surface area contributed by atoms with E-state index >= 15 is 0 Å². The van der Waals surface area contributed by atoms with Gasteiger partial charge in [-0.2, -0.15) is 0 Å². The van der Waals surface area contributed by atoms with Crippen LogP contribution in [-0.4, -0.2) is 32.1 Å². The first-order valence-corrected chi connectivity index (χ1v) is 12.5. The fraction of sp³-hybridized carbons (Fsp3) is 0.143. The van der Waals surface area contributed by atoms with Gasteiger partial charge in [0.1, 0.15) is 28.3 Å². The highest BCUT2D eigenvalue weighted by atomic mass is 32.2. The molecule has 1 aliphatic heterocycles. The molecule has 2 heterocycles. The number of pyridine rings is 1. The summed E-state index contributed by atoms with van der Waals surface area (Å²) in [6.45, 7) is 0. The van der Waals surface area contributed by atoms with Crippen LogP contribution in [0, 0.1) is 17.5 Å². The average Bonchev–Trinajstić information content (AvgIpc) is 2.89. The second kappa shape index (κ2) is 10.3. The van der Waals surface area contributed by atoms with E-state index in [1.54, 1.807) is 41.3 Å². The molecule has 1 fully saturated rings. The minimum absolute atomic E-state index is 0.00110. The molecule has 0 bridgehead atoms. The van der Waals surface area contributed by atoms with Crippen LogP contribution < -0.4 is 4.90 Å². The Kier molecular flexibility index (Phi) is 6.90. The van der Waals surface area contributed by atoms with Crippen molar-refractivity contribution in [1.29, 1.82) is 0 Å². The lowest BCUT2D eigenvalue weighted by molar-refractivity contribution is -0.123. The van der Waals surface area contributed by atoms with Crippen LogP contribution in [0.1, 0.15) is 23.3 Å². The third-order valence-electron chi connectivity index (χ3n) is 6.20. The van der Waals surface area contributed by atoms with Gasteiger partial charge in [-0.3, -0.25) is 9.78 Å². The summed E-state index contributed by atoms with van der Waals surface area (Å²) in [5.41, 5.74) is 2.35. The zero-order valence-electron chi connectivity index (χ0n) is 19.3. The smallest absolute Gasteiger partial charge is 0.243 e. The fourth-order valence-electron chi connectivity index (χ4n) is 4.29. The van der Waals surface area contributed by atoms with Crippen molar-refractivity contribution < 1.29 is 28.2 Å². The summed E-state index contributed by atoms with van der Waals surface area (Å²) >= 11 is 1.29. The number of phenols is 1. The summed E-state index contributed by atoms with van der Waals surface area (Å²) in [6, 6.07) is 19.0. The molecule has 0 radical (unpaired) electrons. The molecule has 0 unspecified atom stereocenters. The van der Waals surface area contributed by atoms with Gasteiger partial charge in [0.2, 0.25) is 5.91 Å². The molecule has 0 spiro atoms. The van der Waals surface area contributed by atoms with Crippen molar-refractivity contribution in [1.82, 2.24) is 4.98 Å². The van der Waals surface area contributed by atoms with E-state index in [1.165, 1.54) is 48.2 Å². The van der Waals surface area contributed by atoms with Crippen molar-refractivity contribution in [3.63, 3.8) is 0 Å². The molecule has 9 heteroatoms. The van der Waals surface area contributed by atoms with E-state index in [1.807, 2.05) is 0 Å². The molecule has 1 aromatic heterocycles. The van der Waals surface area contributed by atoms with Crippen molar-refractivity contribution in [3.05, 3.63) is 114 Å². The minimum Gasteiger partial charge on any atom is -0.508 e. The number of carbonyl (C=O) groups is 1. The van der Waals surface area contributed by atoms with Crippen molar-refractivity contribution in [2.45, 2.75) is 17.4 Å².